The van der Waals surface area contributed by atoms with Crippen molar-refractivity contribution in [2.75, 3.05) is 12.8 Å². The van der Waals surface area contributed by atoms with Crippen molar-refractivity contribution in [1.29, 1.82) is 0 Å². The van der Waals surface area contributed by atoms with Crippen molar-refractivity contribution in [2.45, 2.75) is 19.8 Å². The Hall–Kier alpha value is -1.11. The fourth-order valence-electron chi connectivity index (χ4n) is 2.01. The summed E-state index contributed by atoms with van der Waals surface area (Å²) in [6.45, 7) is 1.65. The summed E-state index contributed by atoms with van der Waals surface area (Å²) in [5.41, 5.74) is 0. The zero-order chi connectivity index (χ0) is 12.5. The largest absolute Gasteiger partial charge is 0.481 e. The molecule has 0 saturated carbocycles. The molecular weight excluding hydrogens is 234 g/mol. The summed E-state index contributed by atoms with van der Waals surface area (Å²) in [7, 11) is -3.58. The second kappa shape index (κ2) is 4.40. The number of carbonyl (C=O) groups excluding carboxylic acids is 1. The number of carbonyl (C=O) groups is 2. The second-order valence-corrected chi connectivity index (χ2v) is 5.83. The maximum atomic E-state index is 11.8. The molecule has 16 heavy (non-hydrogen) atoms. The van der Waals surface area contributed by atoms with E-state index >= 15 is 0 Å². The van der Waals surface area contributed by atoms with E-state index in [1.165, 1.54) is 0 Å². The third-order valence-corrected chi connectivity index (χ3v) is 4.01. The van der Waals surface area contributed by atoms with Crippen LogP contribution in [0.2, 0.25) is 0 Å². The van der Waals surface area contributed by atoms with Crippen molar-refractivity contribution >= 4 is 21.9 Å². The standard InChI is InChI=1S/C9H15NO5S/c1-3-6-7(9(12)13)4-5-10(8(6)11)16(2,14)15/h6-7H,3-5H2,1-2H3,(H,12,13). The molecule has 0 aromatic rings. The number of piperidine rings is 1. The van der Waals surface area contributed by atoms with Crippen LogP contribution in [0.3, 0.4) is 0 Å². The van der Waals surface area contributed by atoms with Gasteiger partial charge in [0.2, 0.25) is 15.9 Å². The molecule has 1 amide bonds. The number of nitrogens with zero attached hydrogens (tertiary/aromatic N) is 1. The van der Waals surface area contributed by atoms with Gasteiger partial charge in [-0.2, -0.15) is 0 Å². The van der Waals surface area contributed by atoms with E-state index in [9.17, 15) is 18.0 Å². The van der Waals surface area contributed by atoms with Crippen molar-refractivity contribution in [1.82, 2.24) is 4.31 Å². The smallest absolute Gasteiger partial charge is 0.307 e. The molecule has 1 heterocycles. The predicted molar refractivity (Wildman–Crippen MR) is 56.1 cm³/mol. The Labute approximate surface area is 94.3 Å². The number of amides is 1. The van der Waals surface area contributed by atoms with Crippen molar-refractivity contribution in [3.63, 3.8) is 0 Å². The Balaban J connectivity index is 2.99. The first-order valence-electron chi connectivity index (χ1n) is 5.03. The molecule has 0 bridgehead atoms. The fourth-order valence-corrected chi connectivity index (χ4v) is 2.91. The number of rotatable bonds is 3. The molecule has 0 aliphatic carbocycles. The highest BCUT2D eigenvalue weighted by Crippen LogP contribution is 2.28. The van der Waals surface area contributed by atoms with Gasteiger partial charge in [0.05, 0.1) is 18.1 Å². The molecule has 0 aromatic heterocycles. The minimum atomic E-state index is -3.58. The molecule has 1 fully saturated rings. The lowest BCUT2D eigenvalue weighted by molar-refractivity contribution is -0.152. The highest BCUT2D eigenvalue weighted by atomic mass is 32.2. The number of carboxylic acid groups (broad SMARTS) is 1. The lowest BCUT2D eigenvalue weighted by Crippen LogP contribution is -2.49. The third-order valence-electron chi connectivity index (χ3n) is 2.85. The van der Waals surface area contributed by atoms with E-state index in [1.807, 2.05) is 0 Å². The summed E-state index contributed by atoms with van der Waals surface area (Å²) in [6.07, 6.45) is 1.48. The van der Waals surface area contributed by atoms with Crippen LogP contribution in [-0.2, 0) is 19.6 Å². The summed E-state index contributed by atoms with van der Waals surface area (Å²) in [6, 6.07) is 0. The van der Waals surface area contributed by atoms with Gasteiger partial charge in [-0.15, -0.1) is 0 Å². The van der Waals surface area contributed by atoms with Gasteiger partial charge in [-0.3, -0.25) is 9.59 Å². The molecule has 0 radical (unpaired) electrons. The average Bonchev–Trinajstić information content (AvgIpc) is 2.14. The van der Waals surface area contributed by atoms with Crippen LogP contribution < -0.4 is 0 Å². The molecule has 0 spiro atoms. The number of hydrogen-bond donors (Lipinski definition) is 1. The van der Waals surface area contributed by atoms with E-state index in [0.717, 1.165) is 10.6 Å². The zero-order valence-corrected chi connectivity index (χ0v) is 10.0. The Morgan fingerprint density at radius 2 is 2.12 bits per heavy atom. The van der Waals surface area contributed by atoms with Gasteiger partial charge < -0.3 is 5.11 Å². The Bertz CT molecular complexity index is 402. The second-order valence-electron chi connectivity index (χ2n) is 3.92. The highest BCUT2D eigenvalue weighted by molar-refractivity contribution is 7.88. The van der Waals surface area contributed by atoms with Gasteiger partial charge in [-0.25, -0.2) is 12.7 Å². The summed E-state index contributed by atoms with van der Waals surface area (Å²) < 4.78 is 23.4. The Morgan fingerprint density at radius 3 is 2.50 bits per heavy atom. The van der Waals surface area contributed by atoms with Crippen LogP contribution in [-0.4, -0.2) is 42.5 Å². The van der Waals surface area contributed by atoms with Crippen LogP contribution in [0.1, 0.15) is 19.8 Å². The first-order chi connectivity index (χ1) is 7.29. The first kappa shape index (κ1) is 13.0. The van der Waals surface area contributed by atoms with Crippen LogP contribution in [0.4, 0.5) is 0 Å². The quantitative estimate of drug-likeness (QED) is 0.754. The monoisotopic (exact) mass is 249 g/mol. The summed E-state index contributed by atoms with van der Waals surface area (Å²) in [5.74, 6) is -3.13. The van der Waals surface area contributed by atoms with E-state index in [4.69, 9.17) is 5.11 Å². The summed E-state index contributed by atoms with van der Waals surface area (Å²) in [5, 5.41) is 8.93. The van der Waals surface area contributed by atoms with E-state index in [1.54, 1.807) is 6.92 Å². The zero-order valence-electron chi connectivity index (χ0n) is 9.21. The van der Waals surface area contributed by atoms with Crippen LogP contribution >= 0.6 is 0 Å². The maximum Gasteiger partial charge on any atom is 0.307 e. The fraction of sp³-hybridized carbons (Fsp3) is 0.778. The lowest BCUT2D eigenvalue weighted by atomic mass is 9.84. The number of aliphatic carboxylic acids is 1. The van der Waals surface area contributed by atoms with E-state index < -0.39 is 33.7 Å². The highest BCUT2D eigenvalue weighted by Gasteiger charge is 2.42. The van der Waals surface area contributed by atoms with E-state index in [0.29, 0.717) is 6.42 Å². The van der Waals surface area contributed by atoms with Gasteiger partial charge in [0, 0.05) is 6.54 Å². The molecule has 0 aromatic carbocycles. The number of hydrogen-bond acceptors (Lipinski definition) is 4. The van der Waals surface area contributed by atoms with E-state index in [-0.39, 0.29) is 13.0 Å². The maximum absolute atomic E-state index is 11.8. The summed E-state index contributed by atoms with van der Waals surface area (Å²) in [4.78, 5) is 22.7. The van der Waals surface area contributed by atoms with Crippen LogP contribution in [0, 0.1) is 11.8 Å². The van der Waals surface area contributed by atoms with Gasteiger partial charge in [-0.1, -0.05) is 6.92 Å². The van der Waals surface area contributed by atoms with Crippen molar-refractivity contribution in [2.24, 2.45) is 11.8 Å². The summed E-state index contributed by atoms with van der Waals surface area (Å²) >= 11 is 0. The Morgan fingerprint density at radius 1 is 1.56 bits per heavy atom. The normalized spacial score (nSPS) is 26.9. The molecule has 6 nitrogen and oxygen atoms in total. The van der Waals surface area contributed by atoms with Crippen LogP contribution in [0.15, 0.2) is 0 Å². The number of carboxylic acids is 1. The van der Waals surface area contributed by atoms with Crippen molar-refractivity contribution < 1.29 is 23.1 Å². The van der Waals surface area contributed by atoms with Crippen molar-refractivity contribution in [3.8, 4) is 0 Å². The van der Waals surface area contributed by atoms with Gasteiger partial charge in [0.1, 0.15) is 0 Å². The van der Waals surface area contributed by atoms with Crippen LogP contribution in [0.5, 0.6) is 0 Å². The molecule has 1 rings (SSSR count). The van der Waals surface area contributed by atoms with Crippen LogP contribution in [0.25, 0.3) is 0 Å². The molecule has 7 heteroatoms. The molecule has 1 aliphatic heterocycles. The molecule has 92 valence electrons. The number of sulfonamides is 1. The van der Waals surface area contributed by atoms with E-state index in [2.05, 4.69) is 0 Å². The SMILES string of the molecule is CCC1C(=O)N(S(C)(=O)=O)CCC1C(=O)O. The molecule has 1 aliphatic rings. The lowest BCUT2D eigenvalue weighted by Gasteiger charge is -2.33. The third kappa shape index (κ3) is 2.34. The predicted octanol–water partition coefficient (Wildman–Crippen LogP) is -0.0947. The first-order valence-corrected chi connectivity index (χ1v) is 6.88. The molecular formula is C9H15NO5S. The topological polar surface area (TPSA) is 91.8 Å². The molecule has 2 atom stereocenters. The molecule has 1 N–H and O–H groups in total. The van der Waals surface area contributed by atoms with Gasteiger partial charge in [0.15, 0.2) is 0 Å². The molecule has 2 unspecified atom stereocenters. The van der Waals surface area contributed by atoms with Gasteiger partial charge >= 0.3 is 5.97 Å². The van der Waals surface area contributed by atoms with Gasteiger partial charge in [-0.05, 0) is 12.8 Å². The average molecular weight is 249 g/mol. The minimum Gasteiger partial charge on any atom is -0.481 e. The van der Waals surface area contributed by atoms with Crippen molar-refractivity contribution in [3.05, 3.63) is 0 Å². The Kier molecular flexibility index (Phi) is 3.57. The van der Waals surface area contributed by atoms with Gasteiger partial charge in [0.25, 0.3) is 0 Å². The molecule has 1 saturated heterocycles. The minimum absolute atomic E-state index is 0.0366.